The molecule has 0 aliphatic carbocycles. The molecule has 1 heterocycles. The van der Waals surface area contributed by atoms with Crippen molar-refractivity contribution in [2.45, 2.75) is 13.0 Å². The number of hydrogen-bond donors (Lipinski definition) is 1. The molecule has 0 spiro atoms. The molecule has 1 N–H and O–H groups in total. The maximum Gasteiger partial charge on any atom is 0.142 e. The number of aryl methyl sites for hydroxylation is 2. The van der Waals surface area contributed by atoms with Crippen molar-refractivity contribution in [3.05, 3.63) is 51.5 Å². The van der Waals surface area contributed by atoms with E-state index in [1.165, 1.54) is 0 Å². The summed E-state index contributed by atoms with van der Waals surface area (Å²) >= 11 is 3.21. The van der Waals surface area contributed by atoms with Crippen molar-refractivity contribution in [3.63, 3.8) is 0 Å². The van der Waals surface area contributed by atoms with Gasteiger partial charge in [0.05, 0.1) is 21.9 Å². The average Bonchev–Trinajstić information content (AvgIpc) is 2.65. The second-order valence-electron chi connectivity index (χ2n) is 4.20. The number of rotatable bonds is 3. The number of nitrogens with zero attached hydrogens (tertiary/aromatic N) is 2. The molecule has 0 radical (unpaired) electrons. The molecule has 3 nitrogen and oxygen atoms in total. The number of aromatic nitrogens is 2. The Balaban J connectivity index is 2.52. The molecular weight excluding hydrogens is 297 g/mol. The fourth-order valence-corrected chi connectivity index (χ4v) is 2.49. The summed E-state index contributed by atoms with van der Waals surface area (Å²) in [5.41, 5.74) is 2.46. The van der Waals surface area contributed by atoms with E-state index in [-0.39, 0.29) is 11.9 Å². The molecule has 1 unspecified atom stereocenters. The zero-order valence-electron chi connectivity index (χ0n) is 10.5. The van der Waals surface area contributed by atoms with Gasteiger partial charge in [-0.2, -0.15) is 5.10 Å². The molecule has 0 bridgehead atoms. The van der Waals surface area contributed by atoms with E-state index in [0.717, 1.165) is 11.4 Å². The van der Waals surface area contributed by atoms with Crippen LogP contribution in [0.25, 0.3) is 0 Å². The average molecular weight is 312 g/mol. The third-order valence-corrected chi connectivity index (χ3v) is 3.53. The summed E-state index contributed by atoms with van der Waals surface area (Å²) in [6.07, 6.45) is 0. The van der Waals surface area contributed by atoms with E-state index in [9.17, 15) is 4.39 Å². The van der Waals surface area contributed by atoms with Gasteiger partial charge in [-0.1, -0.05) is 12.1 Å². The summed E-state index contributed by atoms with van der Waals surface area (Å²) in [4.78, 5) is 0. The van der Waals surface area contributed by atoms with E-state index in [1.54, 1.807) is 16.8 Å². The van der Waals surface area contributed by atoms with E-state index in [1.807, 2.05) is 33.2 Å². The third kappa shape index (κ3) is 2.33. The third-order valence-electron chi connectivity index (χ3n) is 2.92. The topological polar surface area (TPSA) is 29.9 Å². The maximum atomic E-state index is 14.1. The van der Waals surface area contributed by atoms with Gasteiger partial charge in [0.2, 0.25) is 0 Å². The zero-order valence-corrected chi connectivity index (χ0v) is 12.1. The van der Waals surface area contributed by atoms with E-state index < -0.39 is 0 Å². The van der Waals surface area contributed by atoms with Crippen LogP contribution in [0.3, 0.4) is 0 Å². The molecule has 1 atom stereocenters. The number of nitrogens with one attached hydrogen (secondary N) is 1. The van der Waals surface area contributed by atoms with Crippen LogP contribution in [0, 0.1) is 12.7 Å². The van der Waals surface area contributed by atoms with E-state index >= 15 is 0 Å². The van der Waals surface area contributed by atoms with Crippen LogP contribution in [0.1, 0.15) is 23.0 Å². The zero-order chi connectivity index (χ0) is 13.3. The van der Waals surface area contributed by atoms with Crippen LogP contribution in [0.15, 0.2) is 28.7 Å². The van der Waals surface area contributed by atoms with Crippen LogP contribution in [-0.4, -0.2) is 16.8 Å². The minimum Gasteiger partial charge on any atom is -0.308 e. The van der Waals surface area contributed by atoms with Gasteiger partial charge in [-0.25, -0.2) is 4.39 Å². The highest BCUT2D eigenvalue weighted by molar-refractivity contribution is 9.10. The molecule has 0 aliphatic heterocycles. The van der Waals surface area contributed by atoms with Crippen molar-refractivity contribution >= 4 is 15.9 Å². The fraction of sp³-hybridized carbons (Fsp3) is 0.308. The van der Waals surface area contributed by atoms with Crippen molar-refractivity contribution in [2.75, 3.05) is 7.05 Å². The van der Waals surface area contributed by atoms with Crippen LogP contribution >= 0.6 is 15.9 Å². The van der Waals surface area contributed by atoms with Gasteiger partial charge in [0.1, 0.15) is 5.82 Å². The molecule has 96 valence electrons. The summed E-state index contributed by atoms with van der Waals surface area (Å²) in [5.74, 6) is -0.240. The van der Waals surface area contributed by atoms with Gasteiger partial charge in [-0.05, 0) is 42.0 Å². The molecule has 0 fully saturated rings. The van der Waals surface area contributed by atoms with Crippen molar-refractivity contribution in [1.82, 2.24) is 15.1 Å². The fourth-order valence-electron chi connectivity index (χ4n) is 2.11. The molecule has 5 heteroatoms. The van der Waals surface area contributed by atoms with Crippen molar-refractivity contribution in [2.24, 2.45) is 7.05 Å². The maximum absolute atomic E-state index is 14.1. The molecule has 0 saturated carbocycles. The predicted octanol–water partition coefficient (Wildman–Crippen LogP) is 2.94. The molecule has 2 aromatic rings. The van der Waals surface area contributed by atoms with Crippen LogP contribution in [0.4, 0.5) is 4.39 Å². The highest BCUT2D eigenvalue weighted by Gasteiger charge is 2.20. The molecule has 0 saturated heterocycles. The van der Waals surface area contributed by atoms with Crippen LogP contribution in [0.5, 0.6) is 0 Å². The van der Waals surface area contributed by atoms with Crippen LogP contribution < -0.4 is 5.32 Å². The van der Waals surface area contributed by atoms with Crippen molar-refractivity contribution in [3.8, 4) is 0 Å². The second kappa shape index (κ2) is 5.20. The van der Waals surface area contributed by atoms with E-state index in [0.29, 0.717) is 10.0 Å². The van der Waals surface area contributed by atoms with Crippen molar-refractivity contribution < 1.29 is 4.39 Å². The SMILES string of the molecule is CNC(c1cccc(Br)c1F)c1cc(C)nn1C. The Morgan fingerprint density at radius 3 is 2.72 bits per heavy atom. The monoisotopic (exact) mass is 311 g/mol. The first-order chi connectivity index (χ1) is 8.54. The Morgan fingerprint density at radius 2 is 2.17 bits per heavy atom. The highest BCUT2D eigenvalue weighted by Crippen LogP contribution is 2.28. The Bertz CT molecular complexity index is 565. The number of benzene rings is 1. The molecule has 2 rings (SSSR count). The smallest absolute Gasteiger partial charge is 0.142 e. The Kier molecular flexibility index (Phi) is 3.82. The van der Waals surface area contributed by atoms with E-state index in [2.05, 4.69) is 26.3 Å². The molecular formula is C13H15BrFN3. The quantitative estimate of drug-likeness (QED) is 0.944. The summed E-state index contributed by atoms with van der Waals surface area (Å²) in [5, 5.41) is 7.44. The standard InChI is InChI=1S/C13H15BrFN3/c1-8-7-11(18(3)17-8)13(16-2)9-5-4-6-10(14)12(9)15/h4-7,13,16H,1-3H3. The first kappa shape index (κ1) is 13.2. The normalized spacial score (nSPS) is 12.7. The summed E-state index contributed by atoms with van der Waals surface area (Å²) in [7, 11) is 3.68. The van der Waals surface area contributed by atoms with Gasteiger partial charge in [0.25, 0.3) is 0 Å². The molecule has 1 aromatic carbocycles. The molecule has 0 aliphatic rings. The summed E-state index contributed by atoms with van der Waals surface area (Å²) < 4.78 is 16.4. The first-order valence-electron chi connectivity index (χ1n) is 5.66. The number of halogens is 2. The van der Waals surface area contributed by atoms with Gasteiger partial charge in [0, 0.05) is 12.6 Å². The van der Waals surface area contributed by atoms with Crippen LogP contribution in [0.2, 0.25) is 0 Å². The highest BCUT2D eigenvalue weighted by atomic mass is 79.9. The van der Waals surface area contributed by atoms with Crippen LogP contribution in [-0.2, 0) is 7.05 Å². The minimum absolute atomic E-state index is 0.214. The minimum atomic E-state index is -0.240. The molecule has 18 heavy (non-hydrogen) atoms. The molecule has 1 aromatic heterocycles. The number of hydrogen-bond acceptors (Lipinski definition) is 2. The van der Waals surface area contributed by atoms with Gasteiger partial charge >= 0.3 is 0 Å². The van der Waals surface area contributed by atoms with E-state index in [4.69, 9.17) is 0 Å². The van der Waals surface area contributed by atoms with Gasteiger partial charge < -0.3 is 5.32 Å². The summed E-state index contributed by atoms with van der Waals surface area (Å²) in [6.45, 7) is 1.92. The van der Waals surface area contributed by atoms with Crippen molar-refractivity contribution in [1.29, 1.82) is 0 Å². The lowest BCUT2D eigenvalue weighted by atomic mass is 10.0. The summed E-state index contributed by atoms with van der Waals surface area (Å²) in [6, 6.07) is 7.05. The Morgan fingerprint density at radius 1 is 1.44 bits per heavy atom. The lowest BCUT2D eigenvalue weighted by molar-refractivity contribution is 0.548. The second-order valence-corrected chi connectivity index (χ2v) is 5.05. The predicted molar refractivity (Wildman–Crippen MR) is 72.9 cm³/mol. The largest absolute Gasteiger partial charge is 0.308 e. The lowest BCUT2D eigenvalue weighted by Gasteiger charge is -2.18. The first-order valence-corrected chi connectivity index (χ1v) is 6.45. The van der Waals surface area contributed by atoms with Gasteiger partial charge in [-0.15, -0.1) is 0 Å². The van der Waals surface area contributed by atoms with Gasteiger partial charge in [-0.3, -0.25) is 4.68 Å². The Labute approximate surface area is 114 Å². The van der Waals surface area contributed by atoms with Gasteiger partial charge in [0.15, 0.2) is 0 Å². The molecule has 0 amide bonds. The Hall–Kier alpha value is -1.20. The lowest BCUT2D eigenvalue weighted by Crippen LogP contribution is -2.21.